The zero-order valence-electron chi connectivity index (χ0n) is 21.8. The number of hydrogen-bond donors (Lipinski definition) is 2. The first-order valence-corrected chi connectivity index (χ1v) is 12.1. The third-order valence-electron chi connectivity index (χ3n) is 6.74. The normalized spacial score (nSPS) is 18.6. The van der Waals surface area contributed by atoms with Crippen LogP contribution < -0.4 is 15.8 Å². The van der Waals surface area contributed by atoms with Crippen molar-refractivity contribution in [2.24, 2.45) is 11.1 Å². The maximum absolute atomic E-state index is 13.4. The standard InChI is InChI=1S/C29H32N2O6/c1-16-10-11-18(12-17(16)2)31-23(33)15-36-21-9-7-6-8-19(21)24-25-20(32)13-29(3,4)14-22(25)37-27(30)26(24)28(34)35-5/h6-12,24H,13-15,30H2,1-5H3,(H,31,33). The molecule has 8 nitrogen and oxygen atoms in total. The van der Waals surface area contributed by atoms with Gasteiger partial charge < -0.3 is 25.3 Å². The second kappa shape index (κ2) is 10.1. The van der Waals surface area contributed by atoms with E-state index >= 15 is 0 Å². The number of hydrogen-bond acceptors (Lipinski definition) is 7. The Morgan fingerprint density at radius 3 is 2.54 bits per heavy atom. The molecule has 1 aliphatic heterocycles. The Morgan fingerprint density at radius 1 is 1.11 bits per heavy atom. The van der Waals surface area contributed by atoms with Crippen LogP contribution in [0.4, 0.5) is 5.69 Å². The van der Waals surface area contributed by atoms with Crippen molar-refractivity contribution >= 4 is 23.3 Å². The van der Waals surface area contributed by atoms with E-state index < -0.39 is 11.9 Å². The van der Waals surface area contributed by atoms with Gasteiger partial charge in [-0.05, 0) is 48.6 Å². The van der Waals surface area contributed by atoms with E-state index in [4.69, 9.17) is 19.9 Å². The van der Waals surface area contributed by atoms with Gasteiger partial charge in [-0.2, -0.15) is 0 Å². The second-order valence-electron chi connectivity index (χ2n) is 10.3. The molecule has 0 fully saturated rings. The summed E-state index contributed by atoms with van der Waals surface area (Å²) in [6.45, 7) is 7.66. The Kier molecular flexibility index (Phi) is 7.12. The number of nitrogens with one attached hydrogen (secondary N) is 1. The zero-order valence-corrected chi connectivity index (χ0v) is 21.8. The van der Waals surface area contributed by atoms with E-state index in [1.807, 2.05) is 45.9 Å². The summed E-state index contributed by atoms with van der Waals surface area (Å²) in [7, 11) is 1.24. The minimum Gasteiger partial charge on any atom is -0.483 e. The number of ketones is 1. The fourth-order valence-corrected chi connectivity index (χ4v) is 4.81. The van der Waals surface area contributed by atoms with Crippen LogP contribution in [0.3, 0.4) is 0 Å². The molecule has 4 rings (SSSR count). The van der Waals surface area contributed by atoms with Gasteiger partial charge in [0, 0.05) is 29.7 Å². The molecule has 2 aromatic carbocycles. The summed E-state index contributed by atoms with van der Waals surface area (Å²) in [6.07, 6.45) is 0.780. The number of aryl methyl sites for hydroxylation is 2. The molecule has 0 spiro atoms. The number of nitrogens with two attached hydrogens (primary N) is 1. The van der Waals surface area contributed by atoms with E-state index in [1.54, 1.807) is 24.3 Å². The van der Waals surface area contributed by atoms with Crippen LogP contribution in [0.2, 0.25) is 0 Å². The van der Waals surface area contributed by atoms with Crippen molar-refractivity contribution in [3.05, 3.63) is 81.9 Å². The van der Waals surface area contributed by atoms with Crippen LogP contribution in [0.1, 0.15) is 49.3 Å². The van der Waals surface area contributed by atoms with E-state index in [9.17, 15) is 14.4 Å². The third kappa shape index (κ3) is 5.38. The molecule has 1 atom stereocenters. The molecule has 1 amide bonds. The molecule has 0 radical (unpaired) electrons. The number of allylic oxidation sites excluding steroid dienone is 2. The summed E-state index contributed by atoms with van der Waals surface area (Å²) >= 11 is 0. The van der Waals surface area contributed by atoms with Crippen molar-refractivity contribution < 1.29 is 28.6 Å². The summed E-state index contributed by atoms with van der Waals surface area (Å²) < 4.78 is 16.7. The van der Waals surface area contributed by atoms with Crippen LogP contribution in [0.15, 0.2) is 65.3 Å². The number of carbonyl (C=O) groups is 3. The molecule has 37 heavy (non-hydrogen) atoms. The third-order valence-corrected chi connectivity index (χ3v) is 6.74. The lowest BCUT2D eigenvalue weighted by atomic mass is 9.70. The highest BCUT2D eigenvalue weighted by Crippen LogP contribution is 2.49. The van der Waals surface area contributed by atoms with Crippen molar-refractivity contribution in [1.82, 2.24) is 0 Å². The van der Waals surface area contributed by atoms with Gasteiger partial charge in [-0.3, -0.25) is 9.59 Å². The molecule has 2 aromatic rings. The molecular formula is C29H32N2O6. The van der Waals surface area contributed by atoms with Crippen LogP contribution in [0.25, 0.3) is 0 Å². The van der Waals surface area contributed by atoms with E-state index in [-0.39, 0.29) is 35.2 Å². The number of methoxy groups -OCH3 is 1. The number of carbonyl (C=O) groups excluding carboxylic acids is 3. The Labute approximate surface area is 216 Å². The predicted molar refractivity (Wildman–Crippen MR) is 139 cm³/mol. The van der Waals surface area contributed by atoms with Gasteiger partial charge in [-0.15, -0.1) is 0 Å². The molecule has 3 N–H and O–H groups in total. The first-order valence-electron chi connectivity index (χ1n) is 12.1. The molecular weight excluding hydrogens is 472 g/mol. The number of ether oxygens (including phenoxy) is 3. The Morgan fingerprint density at radius 2 is 1.84 bits per heavy atom. The van der Waals surface area contributed by atoms with Crippen LogP contribution in [0.5, 0.6) is 5.75 Å². The number of amides is 1. The van der Waals surface area contributed by atoms with Crippen molar-refractivity contribution in [2.75, 3.05) is 19.0 Å². The van der Waals surface area contributed by atoms with Gasteiger partial charge in [0.1, 0.15) is 17.1 Å². The molecule has 0 bridgehead atoms. The lowest BCUT2D eigenvalue weighted by Gasteiger charge is -2.38. The largest absolute Gasteiger partial charge is 0.483 e. The molecule has 194 valence electrons. The van der Waals surface area contributed by atoms with E-state index in [0.29, 0.717) is 41.2 Å². The number of Topliss-reactive ketones (excluding diaryl/α,β-unsaturated/α-hetero) is 1. The average Bonchev–Trinajstić information content (AvgIpc) is 2.83. The first kappa shape index (κ1) is 26.0. The monoisotopic (exact) mass is 504 g/mol. The first-order chi connectivity index (χ1) is 17.5. The summed E-state index contributed by atoms with van der Waals surface area (Å²) in [5.74, 6) is -1.34. The molecule has 0 aromatic heterocycles. The Hall–Kier alpha value is -4.07. The molecule has 1 heterocycles. The van der Waals surface area contributed by atoms with Gasteiger partial charge >= 0.3 is 5.97 Å². The van der Waals surface area contributed by atoms with Crippen molar-refractivity contribution in [3.8, 4) is 5.75 Å². The van der Waals surface area contributed by atoms with Crippen LogP contribution >= 0.6 is 0 Å². The van der Waals surface area contributed by atoms with Crippen LogP contribution in [0, 0.1) is 19.3 Å². The van der Waals surface area contributed by atoms with Crippen LogP contribution in [-0.4, -0.2) is 31.4 Å². The minimum atomic E-state index is -0.848. The highest BCUT2D eigenvalue weighted by molar-refractivity contribution is 6.03. The smallest absolute Gasteiger partial charge is 0.340 e. The number of benzene rings is 2. The zero-order chi connectivity index (χ0) is 26.9. The predicted octanol–water partition coefficient (Wildman–Crippen LogP) is 4.42. The summed E-state index contributed by atoms with van der Waals surface area (Å²) in [6, 6.07) is 12.6. The lowest BCUT2D eigenvalue weighted by molar-refractivity contribution is -0.136. The van der Waals surface area contributed by atoms with Gasteiger partial charge in [0.25, 0.3) is 5.91 Å². The molecule has 2 aliphatic rings. The van der Waals surface area contributed by atoms with Gasteiger partial charge in [0.2, 0.25) is 5.88 Å². The second-order valence-corrected chi connectivity index (χ2v) is 10.3. The summed E-state index contributed by atoms with van der Waals surface area (Å²) in [4.78, 5) is 38.9. The number of anilines is 1. The number of para-hydroxylation sites is 1. The van der Waals surface area contributed by atoms with Crippen molar-refractivity contribution in [1.29, 1.82) is 0 Å². The van der Waals surface area contributed by atoms with Crippen LogP contribution in [-0.2, 0) is 23.9 Å². The Bertz CT molecular complexity index is 1340. The van der Waals surface area contributed by atoms with E-state index in [1.165, 1.54) is 7.11 Å². The van der Waals surface area contributed by atoms with Crippen molar-refractivity contribution in [3.63, 3.8) is 0 Å². The van der Waals surface area contributed by atoms with E-state index in [0.717, 1.165) is 11.1 Å². The topological polar surface area (TPSA) is 117 Å². The average molecular weight is 505 g/mol. The van der Waals surface area contributed by atoms with Crippen molar-refractivity contribution in [2.45, 2.75) is 46.5 Å². The Balaban J connectivity index is 1.67. The molecule has 1 unspecified atom stereocenters. The summed E-state index contributed by atoms with van der Waals surface area (Å²) in [5, 5.41) is 2.83. The maximum Gasteiger partial charge on any atom is 0.340 e. The molecule has 1 aliphatic carbocycles. The minimum absolute atomic E-state index is 0.0324. The fraction of sp³-hybridized carbons (Fsp3) is 0.345. The highest BCUT2D eigenvalue weighted by Gasteiger charge is 2.45. The van der Waals surface area contributed by atoms with Gasteiger partial charge in [-0.25, -0.2) is 4.79 Å². The van der Waals surface area contributed by atoms with Gasteiger partial charge in [0.15, 0.2) is 12.4 Å². The fourth-order valence-electron chi connectivity index (χ4n) is 4.81. The number of rotatable bonds is 6. The number of esters is 1. The SMILES string of the molecule is COC(=O)C1=C(N)OC2=C(C(=O)CC(C)(C)C2)C1c1ccccc1OCC(=O)Nc1ccc(C)c(C)c1. The van der Waals surface area contributed by atoms with Gasteiger partial charge in [0.05, 0.1) is 13.0 Å². The molecule has 8 heteroatoms. The molecule has 0 saturated carbocycles. The highest BCUT2D eigenvalue weighted by atomic mass is 16.5. The quantitative estimate of drug-likeness (QED) is 0.559. The van der Waals surface area contributed by atoms with Gasteiger partial charge in [-0.1, -0.05) is 38.1 Å². The lowest BCUT2D eigenvalue weighted by Crippen LogP contribution is -2.35. The maximum atomic E-state index is 13.4. The molecule has 0 saturated heterocycles. The summed E-state index contributed by atoms with van der Waals surface area (Å²) in [5.41, 5.74) is 9.68. The van der Waals surface area contributed by atoms with E-state index in [2.05, 4.69) is 5.32 Å².